The first kappa shape index (κ1) is 25.3. The summed E-state index contributed by atoms with van der Waals surface area (Å²) in [6.07, 6.45) is 1.49. The van der Waals surface area contributed by atoms with E-state index in [4.69, 9.17) is 11.6 Å². The second-order valence-corrected chi connectivity index (χ2v) is 10.6. The summed E-state index contributed by atoms with van der Waals surface area (Å²) in [4.78, 5) is 33.7. The van der Waals surface area contributed by atoms with Gasteiger partial charge < -0.3 is 10.6 Å². The third kappa shape index (κ3) is 6.06. The van der Waals surface area contributed by atoms with Crippen LogP contribution < -0.4 is 15.4 Å². The van der Waals surface area contributed by atoms with Crippen molar-refractivity contribution in [3.8, 4) is 10.4 Å². The fourth-order valence-electron chi connectivity index (χ4n) is 3.18. The van der Waals surface area contributed by atoms with Crippen molar-refractivity contribution in [2.75, 3.05) is 16.6 Å². The number of hydrogen-bond acceptors (Lipinski definition) is 7. The molecule has 2 aromatic heterocycles. The van der Waals surface area contributed by atoms with Crippen molar-refractivity contribution in [2.45, 2.75) is 11.8 Å². The Hall–Kier alpha value is -3.80. The molecule has 0 fully saturated rings. The quantitative estimate of drug-likeness (QED) is 0.284. The van der Waals surface area contributed by atoms with Gasteiger partial charge in [-0.05, 0) is 37.3 Å². The number of hydrogen-bond donors (Lipinski definition) is 3. The summed E-state index contributed by atoms with van der Waals surface area (Å²) in [5.41, 5.74) is 1.73. The van der Waals surface area contributed by atoms with Crippen LogP contribution >= 0.6 is 22.9 Å². The molecule has 4 aromatic rings. The number of pyridine rings is 1. The highest BCUT2D eigenvalue weighted by Gasteiger charge is 2.19. The van der Waals surface area contributed by atoms with Crippen LogP contribution in [0.4, 0.5) is 10.8 Å². The predicted molar refractivity (Wildman–Crippen MR) is 140 cm³/mol. The van der Waals surface area contributed by atoms with Crippen molar-refractivity contribution < 1.29 is 18.0 Å². The molecule has 3 N–H and O–H groups in total. The van der Waals surface area contributed by atoms with E-state index in [0.29, 0.717) is 26.8 Å². The van der Waals surface area contributed by atoms with Crippen LogP contribution in [0.25, 0.3) is 10.4 Å². The fourth-order valence-corrected chi connectivity index (χ4v) is 5.43. The Balaban J connectivity index is 1.46. The van der Waals surface area contributed by atoms with E-state index in [2.05, 4.69) is 25.3 Å². The van der Waals surface area contributed by atoms with Gasteiger partial charge in [-0.3, -0.25) is 14.3 Å². The summed E-state index contributed by atoms with van der Waals surface area (Å²) in [7, 11) is -3.87. The lowest BCUT2D eigenvalue weighted by molar-refractivity contribution is -0.115. The average molecular weight is 542 g/mol. The van der Waals surface area contributed by atoms with Gasteiger partial charge in [0.05, 0.1) is 27.7 Å². The second kappa shape index (κ2) is 10.9. The molecule has 12 heteroatoms. The smallest absolute Gasteiger partial charge is 0.261 e. The first-order chi connectivity index (χ1) is 17.2. The van der Waals surface area contributed by atoms with Crippen molar-refractivity contribution in [1.29, 1.82) is 0 Å². The van der Waals surface area contributed by atoms with Crippen LogP contribution in [0.15, 0.2) is 77.8 Å². The Kier molecular flexibility index (Phi) is 7.63. The van der Waals surface area contributed by atoms with Crippen molar-refractivity contribution in [3.63, 3.8) is 0 Å². The van der Waals surface area contributed by atoms with E-state index in [1.165, 1.54) is 29.7 Å². The topological polar surface area (TPSA) is 130 Å². The van der Waals surface area contributed by atoms with Gasteiger partial charge >= 0.3 is 0 Å². The lowest BCUT2D eigenvalue weighted by atomic mass is 10.2. The number of anilines is 2. The largest absolute Gasteiger partial charge is 0.343 e. The van der Waals surface area contributed by atoms with Crippen molar-refractivity contribution in [2.24, 2.45) is 0 Å². The lowest BCUT2D eigenvalue weighted by Crippen LogP contribution is -2.32. The van der Waals surface area contributed by atoms with Crippen LogP contribution in [0.2, 0.25) is 5.15 Å². The molecule has 2 aromatic carbocycles. The van der Waals surface area contributed by atoms with E-state index in [1.54, 1.807) is 61.5 Å². The second-order valence-electron chi connectivity index (χ2n) is 7.51. The molecule has 2 amide bonds. The van der Waals surface area contributed by atoms with Crippen LogP contribution in [0.3, 0.4) is 0 Å². The van der Waals surface area contributed by atoms with E-state index in [-0.39, 0.29) is 28.2 Å². The maximum Gasteiger partial charge on any atom is 0.261 e. The minimum Gasteiger partial charge on any atom is -0.343 e. The van der Waals surface area contributed by atoms with Crippen LogP contribution in [0.1, 0.15) is 16.1 Å². The monoisotopic (exact) mass is 541 g/mol. The number of benzene rings is 2. The normalized spacial score (nSPS) is 11.1. The SMILES string of the molecule is Cc1nc(NC(=O)CNC(=O)c2ccccc2)sc1-c1cnc(Cl)c(NS(=O)(=O)c2ccccc2)c1. The van der Waals surface area contributed by atoms with Gasteiger partial charge in [-0.2, -0.15) is 0 Å². The highest BCUT2D eigenvalue weighted by Crippen LogP contribution is 2.35. The molecule has 36 heavy (non-hydrogen) atoms. The molecule has 0 atom stereocenters. The van der Waals surface area contributed by atoms with Crippen LogP contribution in [0, 0.1) is 6.92 Å². The number of amides is 2. The van der Waals surface area contributed by atoms with Crippen molar-refractivity contribution in [3.05, 3.63) is 89.3 Å². The number of thiazole rings is 1. The minimum absolute atomic E-state index is 0.0110. The number of halogens is 1. The lowest BCUT2D eigenvalue weighted by Gasteiger charge is -2.10. The summed E-state index contributed by atoms with van der Waals surface area (Å²) in [5, 5.41) is 5.53. The zero-order chi connectivity index (χ0) is 25.7. The van der Waals surface area contributed by atoms with Gasteiger partial charge in [-0.25, -0.2) is 18.4 Å². The number of rotatable bonds is 8. The molecule has 0 unspecified atom stereocenters. The number of sulfonamides is 1. The molecule has 0 radical (unpaired) electrons. The number of nitrogens with zero attached hydrogens (tertiary/aromatic N) is 2. The maximum absolute atomic E-state index is 12.7. The van der Waals surface area contributed by atoms with Gasteiger partial charge in [0.1, 0.15) is 0 Å². The van der Waals surface area contributed by atoms with Gasteiger partial charge in [0.2, 0.25) is 5.91 Å². The summed E-state index contributed by atoms with van der Waals surface area (Å²) >= 11 is 7.34. The van der Waals surface area contributed by atoms with E-state index in [1.807, 2.05) is 0 Å². The number of carbonyl (C=O) groups is 2. The first-order valence-corrected chi connectivity index (χ1v) is 13.2. The van der Waals surface area contributed by atoms with Crippen LogP contribution in [0.5, 0.6) is 0 Å². The number of aryl methyl sites for hydroxylation is 1. The molecule has 0 aliphatic carbocycles. The van der Waals surface area contributed by atoms with Crippen molar-refractivity contribution >= 4 is 55.6 Å². The highest BCUT2D eigenvalue weighted by molar-refractivity contribution is 7.92. The van der Waals surface area contributed by atoms with Crippen LogP contribution in [-0.2, 0) is 14.8 Å². The van der Waals surface area contributed by atoms with Gasteiger partial charge in [0.15, 0.2) is 10.3 Å². The van der Waals surface area contributed by atoms with Gasteiger partial charge in [0.25, 0.3) is 15.9 Å². The average Bonchev–Trinajstić information content (AvgIpc) is 3.24. The van der Waals surface area contributed by atoms with Crippen molar-refractivity contribution in [1.82, 2.24) is 15.3 Å². The maximum atomic E-state index is 12.7. The van der Waals surface area contributed by atoms with Crippen LogP contribution in [-0.4, -0.2) is 36.7 Å². The summed E-state index contributed by atoms with van der Waals surface area (Å²) in [6.45, 7) is 1.52. The minimum atomic E-state index is -3.87. The number of aromatic nitrogens is 2. The fraction of sp³-hybridized carbons (Fsp3) is 0.0833. The Labute approximate surface area is 216 Å². The predicted octanol–water partition coefficient (Wildman–Crippen LogP) is 4.34. The summed E-state index contributed by atoms with van der Waals surface area (Å²) in [6, 6.07) is 18.0. The standard InChI is InChI=1S/C24H20ClN5O4S2/c1-15-21(35-24(28-15)29-20(31)14-27-23(32)16-8-4-2-5-9-16)17-12-19(22(25)26-13-17)30-36(33,34)18-10-6-3-7-11-18/h2-13,30H,14H2,1H3,(H,27,32)(H,28,29,31). The highest BCUT2D eigenvalue weighted by atomic mass is 35.5. The van der Waals surface area contributed by atoms with Gasteiger partial charge in [-0.15, -0.1) is 0 Å². The summed E-state index contributed by atoms with van der Waals surface area (Å²) in [5.74, 6) is -0.801. The Morgan fingerprint density at radius 2 is 1.69 bits per heavy atom. The molecule has 0 spiro atoms. The number of carbonyl (C=O) groups excluding carboxylic acids is 2. The molecule has 184 valence electrons. The molecule has 0 bridgehead atoms. The van der Waals surface area contributed by atoms with E-state index in [0.717, 1.165) is 0 Å². The van der Waals surface area contributed by atoms with E-state index in [9.17, 15) is 18.0 Å². The molecule has 0 saturated carbocycles. The Morgan fingerprint density at radius 1 is 1.03 bits per heavy atom. The van der Waals surface area contributed by atoms with Gasteiger partial charge in [0, 0.05) is 17.3 Å². The third-order valence-electron chi connectivity index (χ3n) is 4.89. The Morgan fingerprint density at radius 3 is 2.39 bits per heavy atom. The third-order valence-corrected chi connectivity index (χ3v) is 7.69. The molecular formula is C24H20ClN5O4S2. The number of nitrogens with one attached hydrogen (secondary N) is 3. The molecule has 2 heterocycles. The molecule has 9 nitrogen and oxygen atoms in total. The summed E-state index contributed by atoms with van der Waals surface area (Å²) < 4.78 is 27.9. The molecule has 0 saturated heterocycles. The first-order valence-electron chi connectivity index (χ1n) is 10.6. The molecule has 4 rings (SSSR count). The zero-order valence-electron chi connectivity index (χ0n) is 18.9. The molecule has 0 aliphatic heterocycles. The molecule has 0 aliphatic rings. The molecular weight excluding hydrogens is 522 g/mol. The van der Waals surface area contributed by atoms with E-state index >= 15 is 0 Å². The zero-order valence-corrected chi connectivity index (χ0v) is 21.2. The van der Waals surface area contributed by atoms with Gasteiger partial charge in [-0.1, -0.05) is 59.3 Å². The van der Waals surface area contributed by atoms with E-state index < -0.39 is 15.9 Å². The Bertz CT molecular complexity index is 1510.